The lowest BCUT2D eigenvalue weighted by atomic mass is 10.1. The summed E-state index contributed by atoms with van der Waals surface area (Å²) in [5.41, 5.74) is 1.12. The van der Waals surface area contributed by atoms with Crippen LogP contribution in [0.5, 0.6) is 0 Å². The van der Waals surface area contributed by atoms with E-state index in [0.29, 0.717) is 0 Å². The minimum atomic E-state index is 0. The van der Waals surface area contributed by atoms with Crippen LogP contribution in [0.4, 0.5) is 0 Å². The molecule has 1 aromatic carbocycles. The van der Waals surface area contributed by atoms with Crippen molar-refractivity contribution in [2.75, 3.05) is 13.1 Å². The van der Waals surface area contributed by atoms with E-state index >= 15 is 0 Å². The number of nitrogens with one attached hydrogen (secondary N) is 2. The molecule has 1 aliphatic rings. The van der Waals surface area contributed by atoms with E-state index in [1.165, 1.54) is 0 Å². The molecule has 3 nitrogen and oxygen atoms in total. The molecule has 1 heterocycles. The van der Waals surface area contributed by atoms with Gasteiger partial charge >= 0.3 is 0 Å². The summed E-state index contributed by atoms with van der Waals surface area (Å²) in [4.78, 5) is 12.0. The molecule has 1 aromatic rings. The van der Waals surface area contributed by atoms with Gasteiger partial charge in [0.05, 0.1) is 12.0 Å². The molecule has 0 spiro atoms. The summed E-state index contributed by atoms with van der Waals surface area (Å²) in [6.07, 6.45) is 0.942. The molecule has 0 aromatic heterocycles. The fraction of sp³-hybridized carbons (Fsp3) is 0.462. The average Bonchev–Trinajstić information content (AvgIpc) is 2.82. The standard InChI is InChI=1S/C13H17BrN2O.ClH/c1-9(10-3-2-4-12(14)7-10)16-13(17)11-5-6-15-8-11;/h2-4,7,9,11,15H,5-6,8H2,1H3,(H,16,17);1H. The monoisotopic (exact) mass is 332 g/mol. The first kappa shape index (κ1) is 15.5. The van der Waals surface area contributed by atoms with Gasteiger partial charge in [0.15, 0.2) is 0 Å². The molecule has 1 aliphatic heterocycles. The number of amides is 1. The molecule has 2 rings (SSSR count). The van der Waals surface area contributed by atoms with Crippen LogP contribution in [0.25, 0.3) is 0 Å². The van der Waals surface area contributed by atoms with Gasteiger partial charge < -0.3 is 10.6 Å². The van der Waals surface area contributed by atoms with Gasteiger partial charge in [0, 0.05) is 11.0 Å². The lowest BCUT2D eigenvalue weighted by Crippen LogP contribution is -2.33. The highest BCUT2D eigenvalue weighted by atomic mass is 79.9. The summed E-state index contributed by atoms with van der Waals surface area (Å²) < 4.78 is 1.04. The molecule has 0 bridgehead atoms. The zero-order valence-corrected chi connectivity index (χ0v) is 12.7. The van der Waals surface area contributed by atoms with Crippen LogP contribution in [-0.2, 0) is 4.79 Å². The largest absolute Gasteiger partial charge is 0.349 e. The second-order valence-corrected chi connectivity index (χ2v) is 5.39. The number of hydrogen-bond acceptors (Lipinski definition) is 2. The Balaban J connectivity index is 0.00000162. The normalized spacial score (nSPS) is 20.0. The highest BCUT2D eigenvalue weighted by molar-refractivity contribution is 9.10. The van der Waals surface area contributed by atoms with Crippen molar-refractivity contribution in [2.45, 2.75) is 19.4 Å². The molecule has 18 heavy (non-hydrogen) atoms. The fourth-order valence-corrected chi connectivity index (χ4v) is 2.49. The zero-order chi connectivity index (χ0) is 12.3. The third-order valence-electron chi connectivity index (χ3n) is 3.14. The minimum Gasteiger partial charge on any atom is -0.349 e. The highest BCUT2D eigenvalue weighted by Crippen LogP contribution is 2.18. The van der Waals surface area contributed by atoms with Gasteiger partial charge in [-0.3, -0.25) is 4.79 Å². The Hall–Kier alpha value is -0.580. The first-order chi connectivity index (χ1) is 8.16. The molecular weight excluding hydrogens is 316 g/mol. The van der Waals surface area contributed by atoms with Crippen molar-refractivity contribution in [1.82, 2.24) is 10.6 Å². The van der Waals surface area contributed by atoms with Crippen LogP contribution in [0.15, 0.2) is 28.7 Å². The number of rotatable bonds is 3. The van der Waals surface area contributed by atoms with Gasteiger partial charge in [0.1, 0.15) is 0 Å². The Bertz CT molecular complexity index is 408. The summed E-state index contributed by atoms with van der Waals surface area (Å²) in [6.45, 7) is 3.77. The van der Waals surface area contributed by atoms with Crippen molar-refractivity contribution < 1.29 is 4.79 Å². The molecule has 1 saturated heterocycles. The van der Waals surface area contributed by atoms with Gasteiger partial charge in [-0.25, -0.2) is 0 Å². The van der Waals surface area contributed by atoms with Crippen LogP contribution in [0, 0.1) is 5.92 Å². The van der Waals surface area contributed by atoms with Crippen LogP contribution >= 0.6 is 28.3 Å². The maximum Gasteiger partial charge on any atom is 0.224 e. The molecule has 5 heteroatoms. The Morgan fingerprint density at radius 2 is 2.33 bits per heavy atom. The Labute approximate surface area is 122 Å². The van der Waals surface area contributed by atoms with Crippen LogP contribution < -0.4 is 10.6 Å². The van der Waals surface area contributed by atoms with Gasteiger partial charge in [-0.2, -0.15) is 0 Å². The predicted octanol–water partition coefficient (Wildman–Crippen LogP) is 2.66. The molecular formula is C13H18BrClN2O. The van der Waals surface area contributed by atoms with Crippen LogP contribution in [-0.4, -0.2) is 19.0 Å². The number of carbonyl (C=O) groups excluding carboxylic acids is 1. The smallest absolute Gasteiger partial charge is 0.224 e. The third kappa shape index (κ3) is 3.97. The number of halogens is 2. The lowest BCUT2D eigenvalue weighted by Gasteiger charge is -2.17. The molecule has 2 unspecified atom stereocenters. The van der Waals surface area contributed by atoms with E-state index in [0.717, 1.165) is 29.5 Å². The topological polar surface area (TPSA) is 41.1 Å². The molecule has 0 radical (unpaired) electrons. The maximum absolute atomic E-state index is 12.0. The molecule has 1 amide bonds. The second kappa shape index (κ2) is 7.12. The molecule has 0 saturated carbocycles. The van der Waals surface area contributed by atoms with Crippen molar-refractivity contribution >= 4 is 34.2 Å². The van der Waals surface area contributed by atoms with E-state index in [9.17, 15) is 4.79 Å². The molecule has 2 N–H and O–H groups in total. The van der Waals surface area contributed by atoms with E-state index in [4.69, 9.17) is 0 Å². The summed E-state index contributed by atoms with van der Waals surface area (Å²) in [6, 6.07) is 8.10. The van der Waals surface area contributed by atoms with Crippen LogP contribution in [0.3, 0.4) is 0 Å². The van der Waals surface area contributed by atoms with Gasteiger partial charge in [-0.05, 0) is 37.6 Å². The zero-order valence-electron chi connectivity index (χ0n) is 10.3. The SMILES string of the molecule is CC(NC(=O)C1CCNC1)c1cccc(Br)c1.Cl. The van der Waals surface area contributed by atoms with E-state index in [2.05, 4.69) is 26.6 Å². The summed E-state index contributed by atoms with van der Waals surface area (Å²) >= 11 is 3.44. The number of benzene rings is 1. The Morgan fingerprint density at radius 1 is 1.56 bits per heavy atom. The number of hydrogen-bond donors (Lipinski definition) is 2. The summed E-state index contributed by atoms with van der Waals surface area (Å²) in [5, 5.41) is 6.27. The fourth-order valence-electron chi connectivity index (χ4n) is 2.07. The van der Waals surface area contributed by atoms with Crippen molar-refractivity contribution in [1.29, 1.82) is 0 Å². The lowest BCUT2D eigenvalue weighted by molar-refractivity contribution is -0.125. The van der Waals surface area contributed by atoms with Gasteiger partial charge in [-0.15, -0.1) is 12.4 Å². The van der Waals surface area contributed by atoms with Gasteiger partial charge in [0.2, 0.25) is 5.91 Å². The molecule has 100 valence electrons. The van der Waals surface area contributed by atoms with Crippen LogP contribution in [0.2, 0.25) is 0 Å². The Morgan fingerprint density at radius 3 is 2.94 bits per heavy atom. The van der Waals surface area contributed by atoms with Crippen molar-refractivity contribution in [3.8, 4) is 0 Å². The van der Waals surface area contributed by atoms with E-state index < -0.39 is 0 Å². The van der Waals surface area contributed by atoms with Crippen molar-refractivity contribution in [3.63, 3.8) is 0 Å². The Kier molecular flexibility index (Phi) is 6.12. The van der Waals surface area contributed by atoms with Crippen molar-refractivity contribution in [2.24, 2.45) is 5.92 Å². The first-order valence-electron chi connectivity index (χ1n) is 5.93. The van der Waals surface area contributed by atoms with Crippen LogP contribution in [0.1, 0.15) is 24.9 Å². The molecule has 2 atom stereocenters. The van der Waals surface area contributed by atoms with E-state index in [-0.39, 0.29) is 30.3 Å². The maximum atomic E-state index is 12.0. The van der Waals surface area contributed by atoms with Gasteiger partial charge in [0.25, 0.3) is 0 Å². The third-order valence-corrected chi connectivity index (χ3v) is 3.63. The second-order valence-electron chi connectivity index (χ2n) is 4.48. The predicted molar refractivity (Wildman–Crippen MR) is 78.9 cm³/mol. The van der Waals surface area contributed by atoms with E-state index in [1.54, 1.807) is 0 Å². The molecule has 0 aliphatic carbocycles. The average molecular weight is 334 g/mol. The summed E-state index contributed by atoms with van der Waals surface area (Å²) in [7, 11) is 0. The van der Waals surface area contributed by atoms with Crippen molar-refractivity contribution in [3.05, 3.63) is 34.3 Å². The first-order valence-corrected chi connectivity index (χ1v) is 6.72. The quantitative estimate of drug-likeness (QED) is 0.893. The van der Waals surface area contributed by atoms with Gasteiger partial charge in [-0.1, -0.05) is 28.1 Å². The van der Waals surface area contributed by atoms with E-state index in [1.807, 2.05) is 31.2 Å². The molecule has 1 fully saturated rings. The minimum absolute atomic E-state index is 0. The highest BCUT2D eigenvalue weighted by Gasteiger charge is 2.23. The summed E-state index contributed by atoms with van der Waals surface area (Å²) in [5.74, 6) is 0.284. The number of carbonyl (C=O) groups is 1.